The number of carbonyl (C=O) groups excluding carboxylic acids is 1. The molecule has 2 aromatic carbocycles. The maximum atomic E-state index is 13.4. The fourth-order valence-electron chi connectivity index (χ4n) is 1.68. The van der Waals surface area contributed by atoms with Gasteiger partial charge in [0.05, 0.1) is 4.92 Å². The molecule has 0 saturated heterocycles. The molecule has 0 heterocycles. The summed E-state index contributed by atoms with van der Waals surface area (Å²) in [6.45, 7) is 0. The summed E-state index contributed by atoms with van der Waals surface area (Å²) in [6.07, 6.45) is 2.16. The Bertz CT molecular complexity index is 741. The van der Waals surface area contributed by atoms with Gasteiger partial charge in [-0.25, -0.2) is 8.78 Å². The molecule has 0 radical (unpaired) electrons. The summed E-state index contributed by atoms with van der Waals surface area (Å²) in [5.74, 6) is -2.61. The van der Waals surface area contributed by atoms with Crippen LogP contribution in [0.2, 0.25) is 0 Å². The number of hydrogen-bond donors (Lipinski definition) is 0. The van der Waals surface area contributed by atoms with Crippen LogP contribution in [0.4, 0.5) is 14.5 Å². The van der Waals surface area contributed by atoms with Gasteiger partial charge in [-0.1, -0.05) is 24.3 Å². The quantitative estimate of drug-likeness (QED) is 0.372. The Kier molecular flexibility index (Phi) is 4.18. The predicted octanol–water partition coefficient (Wildman–Crippen LogP) is 3.77. The molecule has 0 aromatic heterocycles. The SMILES string of the molecule is O=C(C=Cc1cccc(F)c1F)c1cccc([N+](=O)[O-])c1. The lowest BCUT2D eigenvalue weighted by Crippen LogP contribution is -1.96. The van der Waals surface area contributed by atoms with Crippen molar-refractivity contribution < 1.29 is 18.5 Å². The largest absolute Gasteiger partial charge is 0.289 e. The van der Waals surface area contributed by atoms with Crippen LogP contribution in [0.15, 0.2) is 48.5 Å². The number of carbonyl (C=O) groups is 1. The Morgan fingerprint density at radius 2 is 1.86 bits per heavy atom. The normalized spacial score (nSPS) is 10.8. The maximum absolute atomic E-state index is 13.4. The van der Waals surface area contributed by atoms with Crippen LogP contribution < -0.4 is 0 Å². The van der Waals surface area contributed by atoms with Crippen LogP contribution in [0.5, 0.6) is 0 Å². The molecule has 0 bridgehead atoms. The van der Waals surface area contributed by atoms with E-state index in [2.05, 4.69) is 0 Å². The van der Waals surface area contributed by atoms with Gasteiger partial charge in [0.1, 0.15) is 0 Å². The molecule has 6 heteroatoms. The molecule has 106 valence electrons. The highest BCUT2D eigenvalue weighted by molar-refractivity contribution is 6.07. The molecule has 0 atom stereocenters. The first-order chi connectivity index (χ1) is 9.99. The molecule has 0 amide bonds. The summed E-state index contributed by atoms with van der Waals surface area (Å²) >= 11 is 0. The molecule has 0 unspecified atom stereocenters. The van der Waals surface area contributed by atoms with Gasteiger partial charge in [-0.15, -0.1) is 0 Å². The number of rotatable bonds is 4. The molecule has 0 N–H and O–H groups in total. The maximum Gasteiger partial charge on any atom is 0.270 e. The van der Waals surface area contributed by atoms with Gasteiger partial charge in [-0.05, 0) is 18.2 Å². The van der Waals surface area contributed by atoms with Crippen LogP contribution in [0.1, 0.15) is 15.9 Å². The third-order valence-corrected chi connectivity index (χ3v) is 2.74. The van der Waals surface area contributed by atoms with Crippen molar-refractivity contribution >= 4 is 17.5 Å². The van der Waals surface area contributed by atoms with Gasteiger partial charge in [0.2, 0.25) is 0 Å². The number of benzene rings is 2. The molecule has 0 spiro atoms. The molecule has 21 heavy (non-hydrogen) atoms. The molecule has 0 aliphatic rings. The van der Waals surface area contributed by atoms with Crippen LogP contribution in [0.25, 0.3) is 6.08 Å². The molecule has 0 saturated carbocycles. The summed E-state index contributed by atoms with van der Waals surface area (Å²) in [5, 5.41) is 10.6. The zero-order valence-corrected chi connectivity index (χ0v) is 10.6. The fourth-order valence-corrected chi connectivity index (χ4v) is 1.68. The minimum absolute atomic E-state index is 0.0752. The first-order valence-corrected chi connectivity index (χ1v) is 5.90. The third-order valence-electron chi connectivity index (χ3n) is 2.74. The molecule has 0 fully saturated rings. The van der Waals surface area contributed by atoms with Crippen molar-refractivity contribution in [2.24, 2.45) is 0 Å². The Hall–Kier alpha value is -2.89. The smallest absolute Gasteiger partial charge is 0.270 e. The second-order valence-electron chi connectivity index (χ2n) is 4.15. The summed E-state index contributed by atoms with van der Waals surface area (Å²) in [6, 6.07) is 8.76. The third kappa shape index (κ3) is 3.36. The van der Waals surface area contributed by atoms with E-state index in [0.717, 1.165) is 24.3 Å². The lowest BCUT2D eigenvalue weighted by Gasteiger charge is -1.98. The van der Waals surface area contributed by atoms with E-state index < -0.39 is 22.3 Å². The van der Waals surface area contributed by atoms with E-state index in [0.29, 0.717) is 0 Å². The van der Waals surface area contributed by atoms with E-state index in [1.165, 1.54) is 30.3 Å². The van der Waals surface area contributed by atoms with Gasteiger partial charge in [-0.2, -0.15) is 0 Å². The lowest BCUT2D eigenvalue weighted by atomic mass is 10.1. The topological polar surface area (TPSA) is 60.2 Å². The number of nitrogens with zero attached hydrogens (tertiary/aromatic N) is 1. The van der Waals surface area contributed by atoms with Gasteiger partial charge in [0.25, 0.3) is 5.69 Å². The summed E-state index contributed by atoms with van der Waals surface area (Å²) in [7, 11) is 0. The van der Waals surface area contributed by atoms with Crippen LogP contribution >= 0.6 is 0 Å². The van der Waals surface area contributed by atoms with Crippen molar-refractivity contribution in [3.8, 4) is 0 Å². The predicted molar refractivity (Wildman–Crippen MR) is 72.8 cm³/mol. The molecule has 2 aromatic rings. The lowest BCUT2D eigenvalue weighted by molar-refractivity contribution is -0.384. The second kappa shape index (κ2) is 6.04. The zero-order valence-electron chi connectivity index (χ0n) is 10.6. The minimum atomic E-state index is -1.06. The molecular weight excluding hydrogens is 280 g/mol. The van der Waals surface area contributed by atoms with Crippen molar-refractivity contribution in [1.82, 2.24) is 0 Å². The number of hydrogen-bond acceptors (Lipinski definition) is 3. The van der Waals surface area contributed by atoms with Crippen molar-refractivity contribution in [3.63, 3.8) is 0 Å². The first kappa shape index (κ1) is 14.5. The first-order valence-electron chi connectivity index (χ1n) is 5.90. The second-order valence-corrected chi connectivity index (χ2v) is 4.15. The van der Waals surface area contributed by atoms with Gasteiger partial charge in [0.15, 0.2) is 17.4 Å². The number of ketones is 1. The molecule has 2 rings (SSSR count). The van der Waals surface area contributed by atoms with E-state index in [1.807, 2.05) is 0 Å². The minimum Gasteiger partial charge on any atom is -0.289 e. The number of allylic oxidation sites excluding steroid dienone is 1. The Morgan fingerprint density at radius 1 is 1.14 bits per heavy atom. The number of nitro benzene ring substituents is 1. The fraction of sp³-hybridized carbons (Fsp3) is 0. The average molecular weight is 289 g/mol. The Morgan fingerprint density at radius 3 is 2.57 bits per heavy atom. The van der Waals surface area contributed by atoms with Crippen molar-refractivity contribution in [2.75, 3.05) is 0 Å². The zero-order chi connectivity index (χ0) is 15.4. The number of halogens is 2. The number of nitro groups is 1. The summed E-state index contributed by atoms with van der Waals surface area (Å²) in [4.78, 5) is 21.9. The Balaban J connectivity index is 2.25. The average Bonchev–Trinajstić information content (AvgIpc) is 2.48. The van der Waals surface area contributed by atoms with E-state index in [1.54, 1.807) is 0 Å². The molecule has 0 aliphatic carbocycles. The van der Waals surface area contributed by atoms with Gasteiger partial charge in [0, 0.05) is 23.3 Å². The number of non-ortho nitro benzene ring substituents is 1. The molecule has 0 aliphatic heterocycles. The molecular formula is C15H9F2NO3. The van der Waals surface area contributed by atoms with Gasteiger partial charge >= 0.3 is 0 Å². The van der Waals surface area contributed by atoms with Crippen LogP contribution in [-0.2, 0) is 0 Å². The van der Waals surface area contributed by atoms with Crippen molar-refractivity contribution in [1.29, 1.82) is 0 Å². The molecule has 4 nitrogen and oxygen atoms in total. The summed E-state index contributed by atoms with van der Waals surface area (Å²) < 4.78 is 26.4. The van der Waals surface area contributed by atoms with E-state index in [4.69, 9.17) is 0 Å². The highest BCUT2D eigenvalue weighted by atomic mass is 19.2. The highest BCUT2D eigenvalue weighted by Crippen LogP contribution is 2.16. The standard InChI is InChI=1S/C15H9F2NO3/c16-13-6-2-3-10(15(13)17)7-8-14(19)11-4-1-5-12(9-11)18(20)21/h1-9H. The van der Waals surface area contributed by atoms with Crippen LogP contribution in [0, 0.1) is 21.7 Å². The van der Waals surface area contributed by atoms with E-state index in [9.17, 15) is 23.7 Å². The van der Waals surface area contributed by atoms with Crippen molar-refractivity contribution in [3.05, 3.63) is 81.4 Å². The van der Waals surface area contributed by atoms with Gasteiger partial charge < -0.3 is 0 Å². The van der Waals surface area contributed by atoms with Crippen LogP contribution in [0.3, 0.4) is 0 Å². The highest BCUT2D eigenvalue weighted by Gasteiger charge is 2.10. The Labute approximate surface area is 118 Å². The monoisotopic (exact) mass is 289 g/mol. The van der Waals surface area contributed by atoms with E-state index in [-0.39, 0.29) is 16.8 Å². The van der Waals surface area contributed by atoms with E-state index >= 15 is 0 Å². The summed E-state index contributed by atoms with van der Waals surface area (Å²) in [5.41, 5.74) is -0.197. The van der Waals surface area contributed by atoms with Crippen molar-refractivity contribution in [2.45, 2.75) is 0 Å². The van der Waals surface area contributed by atoms with Crippen LogP contribution in [-0.4, -0.2) is 10.7 Å². The van der Waals surface area contributed by atoms with Gasteiger partial charge in [-0.3, -0.25) is 14.9 Å².